The van der Waals surface area contributed by atoms with Crippen LogP contribution in [0.4, 0.5) is 5.69 Å². The fourth-order valence-electron chi connectivity index (χ4n) is 1.18. The van der Waals surface area contributed by atoms with Crippen molar-refractivity contribution in [3.8, 4) is 0 Å². The summed E-state index contributed by atoms with van der Waals surface area (Å²) in [5.41, 5.74) is 6.16. The summed E-state index contributed by atoms with van der Waals surface area (Å²) in [7, 11) is 0. The van der Waals surface area contributed by atoms with Crippen LogP contribution in [0.5, 0.6) is 0 Å². The predicted molar refractivity (Wildman–Crippen MR) is 44.4 cm³/mol. The van der Waals surface area contributed by atoms with E-state index in [0.29, 0.717) is 0 Å². The third-order valence-corrected chi connectivity index (χ3v) is 1.77. The number of nitrogens with two attached hydrogens (primary N) is 1. The Morgan fingerprint density at radius 2 is 1.77 bits per heavy atom. The van der Waals surface area contributed by atoms with Gasteiger partial charge in [0.15, 0.2) is 0 Å². The van der Waals surface area contributed by atoms with Crippen molar-refractivity contribution in [2.75, 3.05) is 5.73 Å². The summed E-state index contributed by atoms with van der Waals surface area (Å²) in [6.07, 6.45) is 0. The molecule has 64 valence electrons. The fourth-order valence-corrected chi connectivity index (χ4v) is 1.18. The van der Waals surface area contributed by atoms with Gasteiger partial charge < -0.3 is 5.73 Å². The molecule has 13 heavy (non-hydrogen) atoms. The molecule has 0 bridgehead atoms. The lowest BCUT2D eigenvalue weighted by molar-refractivity contribution is 0.0921. The largest absolute Gasteiger partial charge is 0.398 e. The number of carbonyl (C=O) groups is 2. The average molecular weight is 175 g/mol. The molecule has 1 aliphatic rings. The van der Waals surface area contributed by atoms with Crippen molar-refractivity contribution in [2.24, 2.45) is 10.2 Å². The predicted octanol–water partition coefficient (Wildman–Crippen LogP) is 1.02. The number of nitrogen functional groups attached to an aromatic ring is 1. The molecule has 5 nitrogen and oxygen atoms in total. The van der Waals surface area contributed by atoms with Crippen LogP contribution in [-0.4, -0.2) is 11.8 Å². The molecule has 0 aromatic heterocycles. The number of hydrogen-bond acceptors (Lipinski definition) is 3. The Balaban J connectivity index is 2.76. The summed E-state index contributed by atoms with van der Waals surface area (Å²) in [6, 6.07) is 4.65. The molecule has 0 unspecified atom stereocenters. The smallest absolute Gasteiger partial charge is 0.298 e. The van der Waals surface area contributed by atoms with Crippen LogP contribution in [0.2, 0.25) is 0 Å². The van der Waals surface area contributed by atoms with Crippen LogP contribution >= 0.6 is 0 Å². The van der Waals surface area contributed by atoms with Gasteiger partial charge in [-0.25, -0.2) is 0 Å². The van der Waals surface area contributed by atoms with Crippen molar-refractivity contribution in [3.63, 3.8) is 0 Å². The topological polar surface area (TPSA) is 84.9 Å². The maximum Gasteiger partial charge on any atom is 0.298 e. The molecule has 0 fully saturated rings. The van der Waals surface area contributed by atoms with Crippen LogP contribution in [0.1, 0.15) is 20.7 Å². The third kappa shape index (κ3) is 1.01. The molecule has 1 aliphatic heterocycles. The Hall–Kier alpha value is -2.04. The molecule has 1 heterocycles. The van der Waals surface area contributed by atoms with E-state index in [4.69, 9.17) is 5.73 Å². The van der Waals surface area contributed by atoms with E-state index in [1.807, 2.05) is 0 Å². The van der Waals surface area contributed by atoms with Crippen LogP contribution in [0, 0.1) is 0 Å². The van der Waals surface area contributed by atoms with Gasteiger partial charge in [0.25, 0.3) is 11.8 Å². The summed E-state index contributed by atoms with van der Waals surface area (Å²) in [6.45, 7) is 0. The maximum atomic E-state index is 11.2. The molecule has 0 saturated carbocycles. The van der Waals surface area contributed by atoms with E-state index < -0.39 is 11.8 Å². The van der Waals surface area contributed by atoms with Gasteiger partial charge >= 0.3 is 0 Å². The minimum Gasteiger partial charge on any atom is -0.398 e. The van der Waals surface area contributed by atoms with E-state index in [1.54, 1.807) is 12.1 Å². The van der Waals surface area contributed by atoms with Crippen LogP contribution in [-0.2, 0) is 0 Å². The highest BCUT2D eigenvalue weighted by molar-refractivity contribution is 6.13. The van der Waals surface area contributed by atoms with Gasteiger partial charge in [0.05, 0.1) is 11.1 Å². The molecule has 0 aliphatic carbocycles. The van der Waals surface area contributed by atoms with Crippen LogP contribution in [0.3, 0.4) is 0 Å². The Kier molecular flexibility index (Phi) is 1.45. The lowest BCUT2D eigenvalue weighted by atomic mass is 10.0. The lowest BCUT2D eigenvalue weighted by Gasteiger charge is -2.08. The number of hydrogen-bond donors (Lipinski definition) is 1. The van der Waals surface area contributed by atoms with Gasteiger partial charge in [-0.05, 0) is 12.1 Å². The number of carbonyl (C=O) groups excluding carboxylic acids is 2. The molecule has 0 radical (unpaired) electrons. The third-order valence-electron chi connectivity index (χ3n) is 1.77. The summed E-state index contributed by atoms with van der Waals surface area (Å²) in [5.74, 6) is -1.09. The number of rotatable bonds is 0. The van der Waals surface area contributed by atoms with Gasteiger partial charge in [0.2, 0.25) is 0 Å². The number of amides is 2. The second kappa shape index (κ2) is 2.48. The highest BCUT2D eigenvalue weighted by atomic mass is 16.2. The van der Waals surface area contributed by atoms with Crippen molar-refractivity contribution >= 4 is 17.5 Å². The Morgan fingerprint density at radius 3 is 2.46 bits per heavy atom. The first-order valence-electron chi connectivity index (χ1n) is 3.59. The summed E-state index contributed by atoms with van der Waals surface area (Å²) < 4.78 is 0. The summed E-state index contributed by atoms with van der Waals surface area (Å²) >= 11 is 0. The number of azo groups is 1. The summed E-state index contributed by atoms with van der Waals surface area (Å²) in [5, 5.41) is 6.34. The molecule has 0 atom stereocenters. The first kappa shape index (κ1) is 7.60. The minimum absolute atomic E-state index is 0.155. The van der Waals surface area contributed by atoms with Gasteiger partial charge in [-0.2, -0.15) is 0 Å². The highest BCUT2D eigenvalue weighted by Gasteiger charge is 2.23. The van der Waals surface area contributed by atoms with Crippen molar-refractivity contribution < 1.29 is 9.59 Å². The average Bonchev–Trinajstić information content (AvgIpc) is 2.12. The SMILES string of the molecule is Nc1cccc2c1C(=O)N=NC2=O. The maximum absolute atomic E-state index is 11.2. The van der Waals surface area contributed by atoms with E-state index in [9.17, 15) is 9.59 Å². The van der Waals surface area contributed by atoms with Gasteiger partial charge in [-0.1, -0.05) is 6.07 Å². The fraction of sp³-hybridized carbons (Fsp3) is 0. The quantitative estimate of drug-likeness (QED) is 0.597. The first-order valence-corrected chi connectivity index (χ1v) is 3.59. The van der Waals surface area contributed by atoms with E-state index in [2.05, 4.69) is 10.2 Å². The van der Waals surface area contributed by atoms with E-state index in [1.165, 1.54) is 6.07 Å². The molecular formula is C8H5N3O2. The van der Waals surface area contributed by atoms with Gasteiger partial charge in [0.1, 0.15) is 0 Å². The van der Waals surface area contributed by atoms with Gasteiger partial charge in [-0.15, -0.1) is 10.2 Å². The van der Waals surface area contributed by atoms with Gasteiger partial charge in [-0.3, -0.25) is 9.59 Å². The molecule has 0 spiro atoms. The molecule has 1 aromatic rings. The van der Waals surface area contributed by atoms with E-state index in [-0.39, 0.29) is 16.8 Å². The Labute approximate surface area is 73.3 Å². The van der Waals surface area contributed by atoms with Crippen LogP contribution in [0.25, 0.3) is 0 Å². The lowest BCUT2D eigenvalue weighted by Crippen LogP contribution is -2.13. The standard InChI is InChI=1S/C8H5N3O2/c9-5-3-1-2-4-6(5)8(13)11-10-7(4)12/h1-3H,9H2. The molecule has 5 heteroatoms. The number of nitrogens with zero attached hydrogens (tertiary/aromatic N) is 2. The number of benzene rings is 1. The van der Waals surface area contributed by atoms with Gasteiger partial charge in [0, 0.05) is 5.69 Å². The van der Waals surface area contributed by atoms with Crippen molar-refractivity contribution in [1.29, 1.82) is 0 Å². The Morgan fingerprint density at radius 1 is 1.08 bits per heavy atom. The first-order chi connectivity index (χ1) is 6.20. The Bertz CT molecular complexity index is 437. The molecule has 0 saturated heterocycles. The number of anilines is 1. The summed E-state index contributed by atoms with van der Waals surface area (Å²) in [4.78, 5) is 22.3. The molecule has 2 N–H and O–H groups in total. The van der Waals surface area contributed by atoms with Crippen molar-refractivity contribution in [3.05, 3.63) is 29.3 Å². The normalized spacial score (nSPS) is 14.5. The van der Waals surface area contributed by atoms with Crippen molar-refractivity contribution in [1.82, 2.24) is 0 Å². The van der Waals surface area contributed by atoms with E-state index >= 15 is 0 Å². The van der Waals surface area contributed by atoms with Crippen molar-refractivity contribution in [2.45, 2.75) is 0 Å². The second-order valence-corrected chi connectivity index (χ2v) is 2.58. The molecule has 2 rings (SSSR count). The molecular weight excluding hydrogens is 170 g/mol. The van der Waals surface area contributed by atoms with E-state index in [0.717, 1.165) is 0 Å². The number of fused-ring (bicyclic) bond motifs is 1. The highest BCUT2D eigenvalue weighted by Crippen LogP contribution is 2.22. The van der Waals surface area contributed by atoms with Crippen LogP contribution < -0.4 is 5.73 Å². The monoisotopic (exact) mass is 175 g/mol. The minimum atomic E-state index is -0.562. The zero-order chi connectivity index (χ0) is 9.42. The molecule has 1 aromatic carbocycles. The van der Waals surface area contributed by atoms with Crippen LogP contribution in [0.15, 0.2) is 28.4 Å². The molecule has 2 amide bonds. The zero-order valence-electron chi connectivity index (χ0n) is 6.52. The zero-order valence-corrected chi connectivity index (χ0v) is 6.52. The second-order valence-electron chi connectivity index (χ2n) is 2.58.